The summed E-state index contributed by atoms with van der Waals surface area (Å²) in [7, 11) is 0. The number of rotatable bonds is 8. The Bertz CT molecular complexity index is 368. The Morgan fingerprint density at radius 1 is 1.15 bits per heavy atom. The van der Waals surface area contributed by atoms with Gasteiger partial charge in [0, 0.05) is 18.6 Å². The summed E-state index contributed by atoms with van der Waals surface area (Å²) < 4.78 is 5.60. The molecule has 0 unspecified atom stereocenters. The third kappa shape index (κ3) is 6.82. The lowest BCUT2D eigenvalue weighted by Crippen LogP contribution is -2.35. The molecule has 114 valence electrons. The Morgan fingerprint density at radius 2 is 1.85 bits per heavy atom. The van der Waals surface area contributed by atoms with Gasteiger partial charge in [-0.25, -0.2) is 4.98 Å². The van der Waals surface area contributed by atoms with Gasteiger partial charge in [-0.05, 0) is 33.9 Å². The van der Waals surface area contributed by atoms with Crippen LogP contribution in [0.3, 0.4) is 0 Å². The van der Waals surface area contributed by atoms with Crippen molar-refractivity contribution < 1.29 is 4.74 Å². The summed E-state index contributed by atoms with van der Waals surface area (Å²) in [6.07, 6.45) is 3.47. The molecule has 0 saturated heterocycles. The van der Waals surface area contributed by atoms with Gasteiger partial charge in [-0.1, -0.05) is 13.8 Å². The third-order valence-corrected chi connectivity index (χ3v) is 3.03. The maximum absolute atomic E-state index is 5.60. The molecule has 0 aliphatic rings. The van der Waals surface area contributed by atoms with E-state index in [4.69, 9.17) is 4.74 Å². The molecule has 0 radical (unpaired) electrons. The van der Waals surface area contributed by atoms with E-state index in [0.29, 0.717) is 12.5 Å². The first-order chi connectivity index (χ1) is 9.44. The Kier molecular flexibility index (Phi) is 6.88. The molecule has 5 heteroatoms. The van der Waals surface area contributed by atoms with Crippen LogP contribution in [0.5, 0.6) is 5.88 Å². The van der Waals surface area contributed by atoms with Crippen LogP contribution < -0.4 is 10.1 Å². The van der Waals surface area contributed by atoms with Gasteiger partial charge in [0.05, 0.1) is 18.1 Å². The first-order valence-electron chi connectivity index (χ1n) is 7.35. The van der Waals surface area contributed by atoms with E-state index >= 15 is 0 Å². The quantitative estimate of drug-likeness (QED) is 0.790. The predicted molar refractivity (Wildman–Crippen MR) is 81.9 cm³/mol. The fourth-order valence-corrected chi connectivity index (χ4v) is 1.68. The van der Waals surface area contributed by atoms with Crippen molar-refractivity contribution >= 4 is 0 Å². The van der Waals surface area contributed by atoms with Crippen molar-refractivity contribution in [1.82, 2.24) is 20.2 Å². The van der Waals surface area contributed by atoms with Gasteiger partial charge in [0.25, 0.3) is 0 Å². The van der Waals surface area contributed by atoms with Crippen LogP contribution in [0.15, 0.2) is 12.4 Å². The van der Waals surface area contributed by atoms with Crippen molar-refractivity contribution in [3.63, 3.8) is 0 Å². The summed E-state index contributed by atoms with van der Waals surface area (Å²) in [5, 5.41) is 3.38. The van der Waals surface area contributed by atoms with Crippen LogP contribution in [0.2, 0.25) is 0 Å². The van der Waals surface area contributed by atoms with Crippen LogP contribution in [0.1, 0.15) is 40.3 Å². The Morgan fingerprint density at radius 3 is 2.35 bits per heavy atom. The van der Waals surface area contributed by atoms with Crippen LogP contribution >= 0.6 is 0 Å². The van der Waals surface area contributed by atoms with E-state index in [0.717, 1.165) is 31.9 Å². The number of likely N-dealkylation sites (N-methyl/N-ethyl adjacent to an activating group) is 1. The SMILES string of the molecule is CCN(CC)CCOc1cnc(CNC(C)(C)C)cn1. The summed E-state index contributed by atoms with van der Waals surface area (Å²) in [4.78, 5) is 11.0. The zero-order chi connectivity index (χ0) is 15.0. The first kappa shape index (κ1) is 16.9. The molecule has 1 aromatic rings. The van der Waals surface area contributed by atoms with Crippen molar-refractivity contribution in [2.24, 2.45) is 0 Å². The monoisotopic (exact) mass is 280 g/mol. The lowest BCUT2D eigenvalue weighted by molar-refractivity contribution is 0.217. The van der Waals surface area contributed by atoms with Crippen molar-refractivity contribution in [2.75, 3.05) is 26.2 Å². The smallest absolute Gasteiger partial charge is 0.232 e. The summed E-state index contributed by atoms with van der Waals surface area (Å²) >= 11 is 0. The van der Waals surface area contributed by atoms with Gasteiger partial charge in [0.2, 0.25) is 5.88 Å². The van der Waals surface area contributed by atoms with Crippen molar-refractivity contribution in [1.29, 1.82) is 0 Å². The molecule has 1 aromatic heterocycles. The van der Waals surface area contributed by atoms with Gasteiger partial charge in [-0.2, -0.15) is 0 Å². The maximum Gasteiger partial charge on any atom is 0.232 e. The molecule has 1 rings (SSSR count). The summed E-state index contributed by atoms with van der Waals surface area (Å²) in [5.74, 6) is 0.594. The molecule has 0 aliphatic heterocycles. The number of nitrogens with one attached hydrogen (secondary N) is 1. The zero-order valence-corrected chi connectivity index (χ0v) is 13.4. The van der Waals surface area contributed by atoms with Gasteiger partial charge in [0.15, 0.2) is 0 Å². The first-order valence-corrected chi connectivity index (χ1v) is 7.35. The lowest BCUT2D eigenvalue weighted by Gasteiger charge is -2.20. The second-order valence-corrected chi connectivity index (χ2v) is 5.82. The van der Waals surface area contributed by atoms with Crippen LogP contribution in [0.25, 0.3) is 0 Å². The van der Waals surface area contributed by atoms with Crippen LogP contribution in [-0.4, -0.2) is 46.6 Å². The number of hydrogen-bond acceptors (Lipinski definition) is 5. The molecular weight excluding hydrogens is 252 g/mol. The second kappa shape index (κ2) is 8.17. The van der Waals surface area contributed by atoms with E-state index in [2.05, 4.69) is 54.8 Å². The van der Waals surface area contributed by atoms with Gasteiger partial charge in [-0.3, -0.25) is 4.98 Å². The van der Waals surface area contributed by atoms with Crippen molar-refractivity contribution in [3.05, 3.63) is 18.1 Å². The third-order valence-electron chi connectivity index (χ3n) is 3.03. The zero-order valence-electron chi connectivity index (χ0n) is 13.4. The fourth-order valence-electron chi connectivity index (χ4n) is 1.68. The highest BCUT2D eigenvalue weighted by atomic mass is 16.5. The predicted octanol–water partition coefficient (Wildman–Crippen LogP) is 2.09. The Labute approximate surface area is 122 Å². The molecule has 20 heavy (non-hydrogen) atoms. The molecule has 0 amide bonds. The average Bonchev–Trinajstić information content (AvgIpc) is 2.42. The van der Waals surface area contributed by atoms with E-state index in [9.17, 15) is 0 Å². The molecule has 0 aliphatic carbocycles. The van der Waals surface area contributed by atoms with Gasteiger partial charge in [-0.15, -0.1) is 0 Å². The van der Waals surface area contributed by atoms with Gasteiger partial charge < -0.3 is 15.0 Å². The van der Waals surface area contributed by atoms with Crippen molar-refractivity contribution in [2.45, 2.75) is 46.7 Å². The van der Waals surface area contributed by atoms with Crippen molar-refractivity contribution in [3.8, 4) is 5.88 Å². The minimum atomic E-state index is 0.0839. The van der Waals surface area contributed by atoms with E-state index < -0.39 is 0 Å². The number of hydrogen-bond donors (Lipinski definition) is 1. The standard InChI is InChI=1S/C15H28N4O/c1-6-19(7-2)8-9-20-14-12-16-13(10-17-14)11-18-15(3,4)5/h10,12,18H,6-9,11H2,1-5H3. The minimum Gasteiger partial charge on any atom is -0.475 e. The molecule has 1 N–H and O–H groups in total. The van der Waals surface area contributed by atoms with E-state index in [1.54, 1.807) is 12.4 Å². The molecule has 0 bridgehead atoms. The van der Waals surface area contributed by atoms with Gasteiger partial charge >= 0.3 is 0 Å². The number of ether oxygens (including phenoxy) is 1. The normalized spacial score (nSPS) is 11.9. The molecule has 0 aromatic carbocycles. The number of aromatic nitrogens is 2. The highest BCUT2D eigenvalue weighted by molar-refractivity contribution is 5.07. The second-order valence-electron chi connectivity index (χ2n) is 5.82. The van der Waals surface area contributed by atoms with E-state index in [-0.39, 0.29) is 5.54 Å². The van der Waals surface area contributed by atoms with E-state index in [1.807, 2.05) is 0 Å². The van der Waals surface area contributed by atoms with Crippen LogP contribution in [-0.2, 0) is 6.54 Å². The summed E-state index contributed by atoms with van der Waals surface area (Å²) in [6.45, 7) is 15.1. The molecule has 0 spiro atoms. The largest absolute Gasteiger partial charge is 0.475 e. The molecule has 0 saturated carbocycles. The van der Waals surface area contributed by atoms with Crippen LogP contribution in [0.4, 0.5) is 0 Å². The Balaban J connectivity index is 2.35. The summed E-state index contributed by atoms with van der Waals surface area (Å²) in [5.41, 5.74) is 1.01. The highest BCUT2D eigenvalue weighted by Crippen LogP contribution is 2.06. The minimum absolute atomic E-state index is 0.0839. The van der Waals surface area contributed by atoms with Crippen LogP contribution in [0, 0.1) is 0 Å². The van der Waals surface area contributed by atoms with E-state index in [1.165, 1.54) is 0 Å². The Hall–Kier alpha value is -1.20. The number of nitrogens with zero attached hydrogens (tertiary/aromatic N) is 3. The molecular formula is C15H28N4O. The molecule has 5 nitrogen and oxygen atoms in total. The maximum atomic E-state index is 5.60. The average molecular weight is 280 g/mol. The highest BCUT2D eigenvalue weighted by Gasteiger charge is 2.09. The molecule has 1 heterocycles. The topological polar surface area (TPSA) is 50.3 Å². The molecule has 0 fully saturated rings. The van der Waals surface area contributed by atoms with Gasteiger partial charge in [0.1, 0.15) is 6.61 Å². The summed E-state index contributed by atoms with van der Waals surface area (Å²) in [6, 6.07) is 0. The lowest BCUT2D eigenvalue weighted by atomic mass is 10.1. The fraction of sp³-hybridized carbons (Fsp3) is 0.733. The molecule has 0 atom stereocenters.